The van der Waals surface area contributed by atoms with E-state index in [4.69, 9.17) is 9.15 Å². The van der Waals surface area contributed by atoms with Crippen molar-refractivity contribution in [1.29, 1.82) is 0 Å². The lowest BCUT2D eigenvalue weighted by molar-refractivity contribution is -0.113. The van der Waals surface area contributed by atoms with Gasteiger partial charge in [0.2, 0.25) is 0 Å². The highest BCUT2D eigenvalue weighted by Gasteiger charge is 2.16. The van der Waals surface area contributed by atoms with Crippen LogP contribution in [0.3, 0.4) is 0 Å². The Balaban J connectivity index is 1.87. The number of phenolic OH excluding ortho intramolecular Hbond substituents is 1. The molecule has 2 amide bonds. The lowest BCUT2D eigenvalue weighted by Gasteiger charge is -2.11. The number of phenols is 1. The Hall–Kier alpha value is -4.00. The largest absolute Gasteiger partial charge is 0.508 e. The molecule has 0 aliphatic heterocycles. The van der Waals surface area contributed by atoms with E-state index in [1.165, 1.54) is 30.5 Å². The number of rotatable bonds is 6. The van der Waals surface area contributed by atoms with Gasteiger partial charge in [-0.15, -0.1) is 0 Å². The molecule has 0 saturated heterocycles. The van der Waals surface area contributed by atoms with Gasteiger partial charge in [-0.1, -0.05) is 18.2 Å². The molecule has 7 heteroatoms. The van der Waals surface area contributed by atoms with E-state index in [1.54, 1.807) is 49.6 Å². The summed E-state index contributed by atoms with van der Waals surface area (Å²) in [5.74, 6) is -0.358. The van der Waals surface area contributed by atoms with Crippen LogP contribution in [-0.4, -0.2) is 24.0 Å². The Morgan fingerprint density at radius 3 is 2.50 bits per heavy atom. The molecule has 0 aliphatic rings. The minimum absolute atomic E-state index is 0.00918. The zero-order valence-electron chi connectivity index (χ0n) is 15.0. The molecule has 3 aromatic rings. The highest BCUT2D eigenvalue weighted by Crippen LogP contribution is 2.18. The lowest BCUT2D eigenvalue weighted by Crippen LogP contribution is -2.30. The molecule has 0 fully saturated rings. The van der Waals surface area contributed by atoms with Crippen LogP contribution in [0.2, 0.25) is 0 Å². The summed E-state index contributed by atoms with van der Waals surface area (Å²) in [4.78, 5) is 25.1. The van der Waals surface area contributed by atoms with Crippen LogP contribution in [0.25, 0.3) is 6.08 Å². The second-order valence-corrected chi connectivity index (χ2v) is 5.77. The van der Waals surface area contributed by atoms with Gasteiger partial charge in [-0.05, 0) is 48.0 Å². The van der Waals surface area contributed by atoms with E-state index in [0.717, 1.165) is 0 Å². The first kappa shape index (κ1) is 18.8. The molecule has 1 aromatic heterocycles. The fourth-order valence-corrected chi connectivity index (χ4v) is 2.40. The molecule has 3 N–H and O–H groups in total. The molecular weight excluding hydrogens is 360 g/mol. The topological polar surface area (TPSA) is 101 Å². The summed E-state index contributed by atoms with van der Waals surface area (Å²) in [6.45, 7) is 0. The van der Waals surface area contributed by atoms with E-state index in [2.05, 4.69) is 10.6 Å². The van der Waals surface area contributed by atoms with Crippen molar-refractivity contribution >= 4 is 23.6 Å². The highest BCUT2D eigenvalue weighted by molar-refractivity contribution is 6.10. The second kappa shape index (κ2) is 8.59. The first-order valence-corrected chi connectivity index (χ1v) is 8.36. The second-order valence-electron chi connectivity index (χ2n) is 5.77. The maximum atomic E-state index is 12.7. The third-order valence-corrected chi connectivity index (χ3v) is 3.77. The van der Waals surface area contributed by atoms with E-state index >= 15 is 0 Å². The standard InChI is InChI=1S/C21H18N2O5/c1-27-17-9-7-14(8-10-17)12-18(23-21(26)19-6-3-11-28-19)20(25)22-15-4-2-5-16(24)13-15/h2-13,24H,1H3,(H,22,25)(H,23,26)/b18-12-. The molecule has 28 heavy (non-hydrogen) atoms. The number of anilines is 1. The van der Waals surface area contributed by atoms with Gasteiger partial charge in [0, 0.05) is 11.8 Å². The number of ether oxygens (including phenoxy) is 1. The number of carbonyl (C=O) groups is 2. The summed E-state index contributed by atoms with van der Waals surface area (Å²) < 4.78 is 10.2. The van der Waals surface area contributed by atoms with Crippen molar-refractivity contribution in [2.45, 2.75) is 0 Å². The first-order valence-electron chi connectivity index (χ1n) is 8.36. The van der Waals surface area contributed by atoms with Crippen LogP contribution in [0.15, 0.2) is 77.0 Å². The molecule has 0 radical (unpaired) electrons. The molecule has 0 aliphatic carbocycles. The number of carbonyl (C=O) groups excluding carboxylic acids is 2. The summed E-state index contributed by atoms with van der Waals surface area (Å²) in [6.07, 6.45) is 2.90. The molecule has 0 bridgehead atoms. The van der Waals surface area contributed by atoms with Crippen LogP contribution < -0.4 is 15.4 Å². The Morgan fingerprint density at radius 1 is 1.07 bits per heavy atom. The highest BCUT2D eigenvalue weighted by atomic mass is 16.5. The number of methoxy groups -OCH3 is 1. The Kier molecular flexibility index (Phi) is 5.76. The number of hydrogen-bond acceptors (Lipinski definition) is 5. The van der Waals surface area contributed by atoms with Crippen molar-refractivity contribution in [3.8, 4) is 11.5 Å². The number of hydrogen-bond donors (Lipinski definition) is 3. The van der Waals surface area contributed by atoms with E-state index < -0.39 is 11.8 Å². The Labute approximate surface area is 161 Å². The van der Waals surface area contributed by atoms with Gasteiger partial charge in [0.1, 0.15) is 17.2 Å². The van der Waals surface area contributed by atoms with Gasteiger partial charge >= 0.3 is 0 Å². The Morgan fingerprint density at radius 2 is 1.86 bits per heavy atom. The fourth-order valence-electron chi connectivity index (χ4n) is 2.40. The van der Waals surface area contributed by atoms with Gasteiger partial charge in [0.05, 0.1) is 13.4 Å². The van der Waals surface area contributed by atoms with Gasteiger partial charge in [-0.25, -0.2) is 0 Å². The summed E-state index contributed by atoms with van der Waals surface area (Å²) in [5, 5.41) is 14.8. The summed E-state index contributed by atoms with van der Waals surface area (Å²) >= 11 is 0. The van der Waals surface area contributed by atoms with Crippen molar-refractivity contribution in [2.24, 2.45) is 0 Å². The van der Waals surface area contributed by atoms with Crippen molar-refractivity contribution in [2.75, 3.05) is 12.4 Å². The molecule has 0 unspecified atom stereocenters. The van der Waals surface area contributed by atoms with Gasteiger partial charge in [0.15, 0.2) is 5.76 Å². The van der Waals surface area contributed by atoms with Gasteiger partial charge in [0.25, 0.3) is 11.8 Å². The summed E-state index contributed by atoms with van der Waals surface area (Å²) in [7, 11) is 1.56. The predicted molar refractivity (Wildman–Crippen MR) is 104 cm³/mol. The molecule has 2 aromatic carbocycles. The maximum Gasteiger partial charge on any atom is 0.291 e. The zero-order valence-corrected chi connectivity index (χ0v) is 15.0. The molecule has 0 atom stereocenters. The smallest absolute Gasteiger partial charge is 0.291 e. The SMILES string of the molecule is COc1ccc(/C=C(\NC(=O)c2ccco2)C(=O)Nc2cccc(O)c2)cc1. The molecule has 0 spiro atoms. The van der Waals surface area contributed by atoms with Crippen molar-refractivity contribution < 1.29 is 23.8 Å². The van der Waals surface area contributed by atoms with Crippen LogP contribution in [0.4, 0.5) is 5.69 Å². The maximum absolute atomic E-state index is 12.7. The van der Waals surface area contributed by atoms with E-state index in [-0.39, 0.29) is 17.2 Å². The normalized spacial score (nSPS) is 11.0. The van der Waals surface area contributed by atoms with Crippen molar-refractivity contribution in [3.05, 3.63) is 83.9 Å². The average Bonchev–Trinajstić information content (AvgIpc) is 3.23. The Bertz CT molecular complexity index is 992. The van der Waals surface area contributed by atoms with Crippen LogP contribution in [0.1, 0.15) is 16.1 Å². The number of amides is 2. The van der Waals surface area contributed by atoms with Crippen LogP contribution in [0.5, 0.6) is 11.5 Å². The van der Waals surface area contributed by atoms with Crippen molar-refractivity contribution in [1.82, 2.24) is 5.32 Å². The number of nitrogens with one attached hydrogen (secondary N) is 2. The summed E-state index contributed by atoms with van der Waals surface area (Å²) in [6, 6.07) is 16.2. The van der Waals surface area contributed by atoms with Gasteiger partial charge < -0.3 is 24.9 Å². The lowest BCUT2D eigenvalue weighted by atomic mass is 10.1. The van der Waals surface area contributed by atoms with E-state index in [0.29, 0.717) is 17.0 Å². The molecule has 1 heterocycles. The molecule has 3 rings (SSSR count). The summed E-state index contributed by atoms with van der Waals surface area (Å²) in [5.41, 5.74) is 1.08. The van der Waals surface area contributed by atoms with Crippen LogP contribution >= 0.6 is 0 Å². The molecular formula is C21H18N2O5. The monoisotopic (exact) mass is 378 g/mol. The number of aromatic hydroxyl groups is 1. The van der Waals surface area contributed by atoms with Crippen molar-refractivity contribution in [3.63, 3.8) is 0 Å². The molecule has 7 nitrogen and oxygen atoms in total. The molecule has 142 valence electrons. The van der Waals surface area contributed by atoms with Crippen LogP contribution in [0, 0.1) is 0 Å². The van der Waals surface area contributed by atoms with Gasteiger partial charge in [-0.3, -0.25) is 9.59 Å². The minimum atomic E-state index is -0.559. The number of benzene rings is 2. The quantitative estimate of drug-likeness (QED) is 0.571. The van der Waals surface area contributed by atoms with E-state index in [1.807, 2.05) is 0 Å². The third kappa shape index (κ3) is 4.79. The fraction of sp³-hybridized carbons (Fsp3) is 0.0476. The average molecular weight is 378 g/mol. The first-order chi connectivity index (χ1) is 13.5. The molecule has 0 saturated carbocycles. The third-order valence-electron chi connectivity index (χ3n) is 3.77. The van der Waals surface area contributed by atoms with Gasteiger partial charge in [-0.2, -0.15) is 0 Å². The minimum Gasteiger partial charge on any atom is -0.508 e. The predicted octanol–water partition coefficient (Wildman–Crippen LogP) is 3.40. The number of furan rings is 1. The zero-order chi connectivity index (χ0) is 19.9. The van der Waals surface area contributed by atoms with E-state index in [9.17, 15) is 14.7 Å². The van der Waals surface area contributed by atoms with Crippen LogP contribution in [-0.2, 0) is 4.79 Å².